The summed E-state index contributed by atoms with van der Waals surface area (Å²) in [6, 6.07) is 17.6. The van der Waals surface area contributed by atoms with Crippen molar-refractivity contribution in [1.82, 2.24) is 9.97 Å². The van der Waals surface area contributed by atoms with Crippen LogP contribution in [0.2, 0.25) is 0 Å². The number of aromatic nitrogens is 3. The van der Waals surface area contributed by atoms with Gasteiger partial charge in [-0.15, -0.1) is 0 Å². The zero-order chi connectivity index (χ0) is 22.1. The third-order valence-corrected chi connectivity index (χ3v) is 5.48. The molecule has 0 saturated carbocycles. The fourth-order valence-electron chi connectivity index (χ4n) is 3.97. The Bertz CT molecular complexity index is 1460. The molecule has 7 heteroatoms. The Morgan fingerprint density at radius 1 is 1.12 bits per heavy atom. The SMILES string of the molecule is CCCOc1cc2ccccc2cc1C(=O)Nc1[nH]c2ccc3nccc3c2c(NC)[nH+]1. The first-order chi connectivity index (χ1) is 15.7. The second-order valence-corrected chi connectivity index (χ2v) is 7.61. The number of hydrogen-bond donors (Lipinski definition) is 3. The minimum Gasteiger partial charge on any atom is -0.493 e. The summed E-state index contributed by atoms with van der Waals surface area (Å²) in [6.45, 7) is 2.58. The van der Waals surface area contributed by atoms with Crippen LogP contribution in [0.3, 0.4) is 0 Å². The van der Waals surface area contributed by atoms with Gasteiger partial charge in [-0.25, -0.2) is 10.3 Å². The molecule has 0 aliphatic rings. The minimum absolute atomic E-state index is 0.258. The van der Waals surface area contributed by atoms with Gasteiger partial charge in [0.15, 0.2) is 0 Å². The molecule has 3 aromatic carbocycles. The van der Waals surface area contributed by atoms with Crippen molar-refractivity contribution in [1.29, 1.82) is 0 Å². The van der Waals surface area contributed by atoms with Crippen LogP contribution in [-0.2, 0) is 0 Å². The monoisotopic (exact) mass is 426 g/mol. The number of hydrogen-bond acceptors (Lipinski definition) is 4. The Labute approximate surface area is 184 Å². The van der Waals surface area contributed by atoms with Crippen LogP contribution in [0.15, 0.2) is 60.8 Å². The van der Waals surface area contributed by atoms with Gasteiger partial charge >= 0.3 is 11.9 Å². The smallest absolute Gasteiger partial charge is 0.319 e. The summed E-state index contributed by atoms with van der Waals surface area (Å²) in [7, 11) is 1.84. The van der Waals surface area contributed by atoms with E-state index in [1.54, 1.807) is 6.20 Å². The topological polar surface area (TPSA) is 93.2 Å². The van der Waals surface area contributed by atoms with Gasteiger partial charge in [0, 0.05) is 18.6 Å². The van der Waals surface area contributed by atoms with Crippen molar-refractivity contribution in [3.63, 3.8) is 0 Å². The van der Waals surface area contributed by atoms with Gasteiger partial charge in [-0.1, -0.05) is 31.2 Å². The predicted molar refractivity (Wildman–Crippen MR) is 127 cm³/mol. The minimum atomic E-state index is -0.258. The highest BCUT2D eigenvalue weighted by Crippen LogP contribution is 2.29. The Kier molecular flexibility index (Phi) is 5.07. The Morgan fingerprint density at radius 3 is 2.72 bits per heavy atom. The van der Waals surface area contributed by atoms with Crippen LogP contribution in [0.4, 0.5) is 11.8 Å². The maximum atomic E-state index is 13.3. The molecule has 5 rings (SSSR count). The Balaban J connectivity index is 1.55. The lowest BCUT2D eigenvalue weighted by Crippen LogP contribution is -2.24. The number of carbonyl (C=O) groups is 1. The number of fused-ring (bicyclic) bond motifs is 4. The Morgan fingerprint density at radius 2 is 1.94 bits per heavy atom. The number of anilines is 2. The van der Waals surface area contributed by atoms with E-state index in [2.05, 4.69) is 25.6 Å². The van der Waals surface area contributed by atoms with Crippen LogP contribution in [-0.4, -0.2) is 29.5 Å². The van der Waals surface area contributed by atoms with E-state index < -0.39 is 0 Å². The second kappa shape index (κ2) is 8.19. The maximum Gasteiger partial charge on any atom is 0.319 e. The van der Waals surface area contributed by atoms with E-state index in [1.807, 2.05) is 68.6 Å². The molecular formula is C25H24N5O2+. The zero-order valence-corrected chi connectivity index (χ0v) is 18.0. The van der Waals surface area contributed by atoms with Crippen LogP contribution in [0.1, 0.15) is 23.7 Å². The van der Waals surface area contributed by atoms with Crippen molar-refractivity contribution >= 4 is 50.3 Å². The average molecular weight is 427 g/mol. The molecule has 2 aromatic heterocycles. The third kappa shape index (κ3) is 3.47. The van der Waals surface area contributed by atoms with Crippen molar-refractivity contribution in [2.24, 2.45) is 0 Å². The van der Waals surface area contributed by atoms with Gasteiger partial charge in [0.2, 0.25) is 5.82 Å². The quantitative estimate of drug-likeness (QED) is 0.365. The molecule has 0 radical (unpaired) electrons. The highest BCUT2D eigenvalue weighted by Gasteiger charge is 2.20. The van der Waals surface area contributed by atoms with Crippen molar-refractivity contribution in [3.05, 3.63) is 66.4 Å². The van der Waals surface area contributed by atoms with E-state index in [4.69, 9.17) is 4.74 Å². The van der Waals surface area contributed by atoms with Crippen LogP contribution in [0.25, 0.3) is 32.6 Å². The molecule has 0 atom stereocenters. The normalized spacial score (nSPS) is 11.2. The summed E-state index contributed by atoms with van der Waals surface area (Å²) in [5.74, 6) is 1.57. The van der Waals surface area contributed by atoms with Gasteiger partial charge < -0.3 is 10.1 Å². The second-order valence-electron chi connectivity index (χ2n) is 7.61. The van der Waals surface area contributed by atoms with E-state index in [-0.39, 0.29) is 5.91 Å². The van der Waals surface area contributed by atoms with Gasteiger partial charge in [-0.2, -0.15) is 0 Å². The standard InChI is InChI=1S/C25H23N5O2/c1-3-12-32-21-14-16-7-5-4-6-15(16)13-18(21)24(31)30-25-28-20-9-8-19-17(10-11-27-19)22(20)23(26-2)29-25/h4-11,13-14,26H,3,12H2,1-2H3,(H2,28,29,30,31)/p+1. The molecule has 4 N–H and O–H groups in total. The van der Waals surface area contributed by atoms with Crippen LogP contribution in [0, 0.1) is 0 Å². The summed E-state index contributed by atoms with van der Waals surface area (Å²) >= 11 is 0. The first-order valence-corrected chi connectivity index (χ1v) is 10.7. The molecule has 32 heavy (non-hydrogen) atoms. The molecule has 0 saturated heterocycles. The molecule has 5 aromatic rings. The van der Waals surface area contributed by atoms with Gasteiger partial charge in [0.25, 0.3) is 0 Å². The summed E-state index contributed by atoms with van der Waals surface area (Å²) in [6.07, 6.45) is 2.65. The van der Waals surface area contributed by atoms with Gasteiger partial charge in [0.1, 0.15) is 5.75 Å². The molecule has 0 aliphatic heterocycles. The van der Waals surface area contributed by atoms with E-state index >= 15 is 0 Å². The molecule has 7 nitrogen and oxygen atoms in total. The number of H-pyrrole nitrogens is 2. The molecule has 0 bridgehead atoms. The number of nitrogens with zero attached hydrogens (tertiary/aromatic N) is 1. The van der Waals surface area contributed by atoms with Gasteiger partial charge in [-0.3, -0.25) is 14.8 Å². The lowest BCUT2D eigenvalue weighted by atomic mass is 10.1. The zero-order valence-electron chi connectivity index (χ0n) is 18.0. The Hall–Kier alpha value is -4.13. The van der Waals surface area contributed by atoms with Crippen LogP contribution in [0.5, 0.6) is 5.75 Å². The summed E-state index contributed by atoms with van der Waals surface area (Å²) in [5, 5.41) is 10.2. The number of amides is 1. The van der Waals surface area contributed by atoms with E-state index in [0.717, 1.165) is 44.8 Å². The molecular weight excluding hydrogens is 402 g/mol. The third-order valence-electron chi connectivity index (χ3n) is 5.48. The van der Waals surface area contributed by atoms with Crippen LogP contribution >= 0.6 is 0 Å². The molecule has 0 spiro atoms. The molecule has 160 valence electrons. The first-order valence-electron chi connectivity index (χ1n) is 10.7. The predicted octanol–water partition coefficient (Wildman–Crippen LogP) is 4.77. The number of nitrogens with one attached hydrogen (secondary N) is 4. The van der Waals surface area contributed by atoms with E-state index in [9.17, 15) is 4.79 Å². The largest absolute Gasteiger partial charge is 0.493 e. The van der Waals surface area contributed by atoms with Crippen LogP contribution < -0.4 is 20.4 Å². The summed E-state index contributed by atoms with van der Waals surface area (Å²) in [5.41, 5.74) is 2.28. The summed E-state index contributed by atoms with van der Waals surface area (Å²) < 4.78 is 5.91. The number of carbonyl (C=O) groups excluding carboxylic acids is 1. The number of aromatic amines is 2. The first kappa shape index (κ1) is 19.8. The van der Waals surface area contributed by atoms with Crippen molar-refractivity contribution in [2.45, 2.75) is 13.3 Å². The molecule has 2 heterocycles. The molecule has 0 aliphatic carbocycles. The van der Waals surface area contributed by atoms with Gasteiger partial charge in [-0.05, 0) is 47.5 Å². The van der Waals surface area contributed by atoms with Crippen molar-refractivity contribution in [2.75, 3.05) is 24.3 Å². The van der Waals surface area contributed by atoms with Gasteiger partial charge in [0.05, 0.1) is 28.6 Å². The molecule has 0 unspecified atom stereocenters. The maximum absolute atomic E-state index is 13.3. The fraction of sp³-hybridized carbons (Fsp3) is 0.160. The van der Waals surface area contributed by atoms with Crippen molar-refractivity contribution in [3.8, 4) is 5.75 Å². The lowest BCUT2D eigenvalue weighted by Gasteiger charge is -2.12. The molecule has 0 fully saturated rings. The number of ether oxygens (including phenoxy) is 1. The van der Waals surface area contributed by atoms with E-state index in [0.29, 0.717) is 23.9 Å². The fourth-order valence-corrected chi connectivity index (χ4v) is 3.97. The molecule has 1 amide bonds. The average Bonchev–Trinajstić information content (AvgIpc) is 3.30. The lowest BCUT2D eigenvalue weighted by molar-refractivity contribution is -0.345. The number of benzene rings is 3. The van der Waals surface area contributed by atoms with Crippen molar-refractivity contribution < 1.29 is 14.5 Å². The number of rotatable bonds is 6. The van der Waals surface area contributed by atoms with E-state index in [1.165, 1.54) is 0 Å². The highest BCUT2D eigenvalue weighted by molar-refractivity contribution is 6.11. The summed E-state index contributed by atoms with van der Waals surface area (Å²) in [4.78, 5) is 24.2. The highest BCUT2D eigenvalue weighted by atomic mass is 16.5.